The van der Waals surface area contributed by atoms with Gasteiger partial charge < -0.3 is 24.5 Å². The summed E-state index contributed by atoms with van der Waals surface area (Å²) >= 11 is 3.71. The average molecular weight is 1460 g/mol. The molecular weight excluding hydrogens is 1370 g/mol. The van der Waals surface area contributed by atoms with Crippen LogP contribution in [0.5, 0.6) is 0 Å². The molecule has 4 aliphatic rings. The molecule has 4 heterocycles. The third-order valence-corrected chi connectivity index (χ3v) is 27.3. The molecule has 0 spiro atoms. The number of para-hydroxylation sites is 4. The van der Waals surface area contributed by atoms with Crippen LogP contribution < -0.4 is 40.9 Å². The number of rotatable bonds is 13. The minimum absolute atomic E-state index is 0.0232. The molecule has 0 saturated heterocycles. The van der Waals surface area contributed by atoms with Crippen molar-refractivity contribution >= 4 is 151 Å². The topological polar surface area (TPSA) is 16.2 Å². The van der Waals surface area contributed by atoms with Gasteiger partial charge >= 0.3 is 0 Å². The molecule has 5 nitrogen and oxygen atoms in total. The van der Waals surface area contributed by atoms with Gasteiger partial charge in [-0.25, -0.2) is 0 Å². The summed E-state index contributed by atoms with van der Waals surface area (Å²) in [6, 6.07) is 111. The number of hydrogen-bond acceptors (Lipinski definition) is 7. The highest BCUT2D eigenvalue weighted by molar-refractivity contribution is 7.22. The van der Waals surface area contributed by atoms with Crippen LogP contribution in [0.4, 0.5) is 85.3 Å². The summed E-state index contributed by atoms with van der Waals surface area (Å²) in [5, 5.41) is 2.55. The van der Waals surface area contributed by atoms with Crippen molar-refractivity contribution in [3.8, 4) is 20.9 Å². The minimum Gasteiger partial charge on any atom is -0.311 e. The average Bonchev–Trinajstić information content (AvgIpc) is 0.749. The Labute approximate surface area is 658 Å². The van der Waals surface area contributed by atoms with Gasteiger partial charge in [-0.3, -0.25) is 0 Å². The molecular formula is C102H92BN5S2. The summed E-state index contributed by atoms with van der Waals surface area (Å²) < 4.78 is 2.59. The van der Waals surface area contributed by atoms with Crippen molar-refractivity contribution in [2.45, 2.75) is 130 Å². The fraction of sp³-hybridized carbons (Fsp3) is 0.196. The van der Waals surface area contributed by atoms with Gasteiger partial charge in [0, 0.05) is 87.4 Å². The van der Waals surface area contributed by atoms with E-state index in [4.69, 9.17) is 0 Å². The first-order chi connectivity index (χ1) is 53.1. The molecule has 2 aliphatic heterocycles. The lowest BCUT2D eigenvalue weighted by Gasteiger charge is -2.47. The zero-order valence-corrected chi connectivity index (χ0v) is 66.8. The molecule has 540 valence electrons. The summed E-state index contributed by atoms with van der Waals surface area (Å²) in [6.45, 7) is 28.8. The molecule has 15 aromatic rings. The van der Waals surface area contributed by atoms with E-state index in [-0.39, 0.29) is 28.4 Å². The lowest BCUT2D eigenvalue weighted by Crippen LogP contribution is -2.61. The summed E-state index contributed by atoms with van der Waals surface area (Å²) in [5.41, 5.74) is 33.6. The normalized spacial score (nSPS) is 15.4. The summed E-state index contributed by atoms with van der Waals surface area (Å²) in [7, 11) is 0. The van der Waals surface area contributed by atoms with Crippen molar-refractivity contribution in [1.82, 2.24) is 0 Å². The molecule has 0 fully saturated rings. The number of nitrogens with zero attached hydrogens (tertiary/aromatic N) is 5. The zero-order valence-electron chi connectivity index (χ0n) is 65.2. The molecule has 0 radical (unpaired) electrons. The molecule has 0 amide bonds. The van der Waals surface area contributed by atoms with Crippen LogP contribution in [-0.4, -0.2) is 6.71 Å². The van der Waals surface area contributed by atoms with Crippen LogP contribution >= 0.6 is 22.7 Å². The van der Waals surface area contributed by atoms with Gasteiger partial charge in [0.05, 0.1) is 17.1 Å². The van der Waals surface area contributed by atoms with Crippen molar-refractivity contribution in [2.24, 2.45) is 0 Å². The third-order valence-electron chi connectivity index (χ3n) is 25.0. The van der Waals surface area contributed by atoms with Gasteiger partial charge in [0.2, 0.25) is 0 Å². The third kappa shape index (κ3) is 11.6. The second-order valence-electron chi connectivity index (χ2n) is 34.0. The first kappa shape index (κ1) is 69.3. The maximum atomic E-state index is 2.69. The second-order valence-corrected chi connectivity index (χ2v) is 36.2. The van der Waals surface area contributed by atoms with Crippen molar-refractivity contribution < 1.29 is 0 Å². The molecule has 8 heteroatoms. The first-order valence-corrected chi connectivity index (χ1v) is 41.0. The van der Waals surface area contributed by atoms with E-state index in [2.05, 4.69) is 399 Å². The largest absolute Gasteiger partial charge is 0.311 e. The Kier molecular flexibility index (Phi) is 16.6. The van der Waals surface area contributed by atoms with Crippen LogP contribution in [0.2, 0.25) is 0 Å². The van der Waals surface area contributed by atoms with E-state index in [9.17, 15) is 0 Å². The number of aryl methyl sites for hydroxylation is 4. The SMILES string of the molecule is Cc1cccc(C)c1N1c2cc(N(c3ccccc3)c3ccc(-c4cc5ccccc5s4)cc3)ccc2B2c3ccc(N(c4ccccc4)c4ccc(-c5cc6ccccc6s5)cc4)cc3N(c3c(C)cccc3C)c3cc(N(c4ccc5c(c4)C(C)(C)CCC5(C)C)c4ccc5c(c4)C(C)(C)CCC5(C)C)cc1c32. The summed E-state index contributed by atoms with van der Waals surface area (Å²) in [6.07, 6.45) is 4.50. The van der Waals surface area contributed by atoms with Gasteiger partial charge in [-0.1, -0.05) is 213 Å². The van der Waals surface area contributed by atoms with Gasteiger partial charge in [0.25, 0.3) is 6.71 Å². The van der Waals surface area contributed by atoms with Crippen LogP contribution in [0.3, 0.4) is 0 Å². The highest BCUT2D eigenvalue weighted by Gasteiger charge is 2.47. The van der Waals surface area contributed by atoms with E-state index in [1.807, 2.05) is 22.7 Å². The highest BCUT2D eigenvalue weighted by atomic mass is 32.1. The van der Waals surface area contributed by atoms with E-state index >= 15 is 0 Å². The van der Waals surface area contributed by atoms with Crippen LogP contribution in [0.25, 0.3) is 41.1 Å². The minimum atomic E-state index is -0.216. The van der Waals surface area contributed by atoms with Gasteiger partial charge in [0.1, 0.15) is 0 Å². The highest BCUT2D eigenvalue weighted by Crippen LogP contribution is 2.56. The molecule has 19 rings (SSSR count). The molecule has 13 aromatic carbocycles. The van der Waals surface area contributed by atoms with Gasteiger partial charge in [0.15, 0.2) is 0 Å². The summed E-state index contributed by atoms with van der Waals surface area (Å²) in [4.78, 5) is 15.5. The lowest BCUT2D eigenvalue weighted by molar-refractivity contribution is 0.332. The monoisotopic (exact) mass is 1460 g/mol. The lowest BCUT2D eigenvalue weighted by atomic mass is 9.33. The molecule has 0 saturated carbocycles. The Bertz CT molecular complexity index is 5670. The predicted molar refractivity (Wildman–Crippen MR) is 476 cm³/mol. The molecule has 0 bridgehead atoms. The molecule has 0 atom stereocenters. The maximum absolute atomic E-state index is 2.69. The van der Waals surface area contributed by atoms with E-state index in [0.717, 1.165) is 99.6 Å². The second kappa shape index (κ2) is 26.3. The Balaban J connectivity index is 0.898. The Morgan fingerprint density at radius 3 is 0.991 bits per heavy atom. The van der Waals surface area contributed by atoms with E-state index in [0.29, 0.717) is 0 Å². The number of fused-ring (bicyclic) bond motifs is 8. The van der Waals surface area contributed by atoms with E-state index < -0.39 is 0 Å². The fourth-order valence-corrected chi connectivity index (χ4v) is 21.0. The molecule has 0 N–H and O–H groups in total. The number of thiophene rings is 2. The smallest absolute Gasteiger partial charge is 0.252 e. The van der Waals surface area contributed by atoms with Crippen molar-refractivity contribution in [1.29, 1.82) is 0 Å². The van der Waals surface area contributed by atoms with Gasteiger partial charge in [-0.15, -0.1) is 22.7 Å². The predicted octanol–water partition coefficient (Wildman–Crippen LogP) is 27.9. The Morgan fingerprint density at radius 2 is 0.600 bits per heavy atom. The van der Waals surface area contributed by atoms with Crippen molar-refractivity contribution in [3.63, 3.8) is 0 Å². The zero-order chi connectivity index (χ0) is 75.3. The quantitative estimate of drug-likeness (QED) is 0.107. The number of hydrogen-bond donors (Lipinski definition) is 0. The first-order valence-electron chi connectivity index (χ1n) is 39.3. The molecule has 2 aromatic heterocycles. The molecule has 2 aliphatic carbocycles. The Hall–Kier alpha value is -11.2. The molecule has 0 unspecified atom stereocenters. The number of anilines is 15. The van der Waals surface area contributed by atoms with Gasteiger partial charge in [-0.05, 0) is 291 Å². The van der Waals surface area contributed by atoms with Crippen LogP contribution in [-0.2, 0) is 21.7 Å². The molecule has 110 heavy (non-hydrogen) atoms. The summed E-state index contributed by atoms with van der Waals surface area (Å²) in [5.74, 6) is 0. The van der Waals surface area contributed by atoms with Crippen LogP contribution in [0.15, 0.2) is 291 Å². The van der Waals surface area contributed by atoms with E-state index in [1.54, 1.807) is 0 Å². The fourth-order valence-electron chi connectivity index (χ4n) is 18.9. The van der Waals surface area contributed by atoms with E-state index in [1.165, 1.54) is 113 Å². The van der Waals surface area contributed by atoms with Crippen molar-refractivity contribution in [2.75, 3.05) is 24.5 Å². The van der Waals surface area contributed by atoms with Gasteiger partial charge in [-0.2, -0.15) is 0 Å². The number of benzene rings is 13. The van der Waals surface area contributed by atoms with Crippen LogP contribution in [0, 0.1) is 27.7 Å². The van der Waals surface area contributed by atoms with Crippen LogP contribution in [0.1, 0.15) is 126 Å². The maximum Gasteiger partial charge on any atom is 0.252 e. The Morgan fingerprint density at radius 1 is 0.282 bits per heavy atom. The standard InChI is InChI=1S/C102H92BN5S2/c1-65-25-23-26-66(2)97(65)107-88-61-79(104(73-31-15-13-16-32-73)75-41-37-69(38-42-75)94-57-71-29-19-21-35-92(71)109-94)47-51-86(88)103-87-52-48-80(105(74-33-17-14-18-34-74)76-43-39-70(40-44-76)95-58-72-30-20-22-36-93(72)110-95)62-89(87)108(98-67(3)27-24-28-68(98)4)91-64-81(63-90(107)96(91)103)106(77-45-49-82-84(59-77)101(9,10)55-53-99(82,5)6)78-46-50-83-85(60-78)102(11,12)56-54-100(83,7)8/h13-52,57-64H,53-56H2,1-12H3. The van der Waals surface area contributed by atoms with Crippen molar-refractivity contribution in [3.05, 3.63) is 336 Å².